The van der Waals surface area contributed by atoms with Gasteiger partial charge in [-0.15, -0.1) is 0 Å². The van der Waals surface area contributed by atoms with Crippen molar-refractivity contribution in [2.45, 2.75) is 38.5 Å². The molecule has 2 atom stereocenters. The number of hydrogen-bond donors (Lipinski definition) is 0. The van der Waals surface area contributed by atoms with Crippen molar-refractivity contribution in [1.29, 1.82) is 0 Å². The Hall–Kier alpha value is -1.11. The monoisotopic (exact) mass is 202 g/mol. The van der Waals surface area contributed by atoms with Crippen LogP contribution < -0.4 is 0 Å². The van der Waals surface area contributed by atoms with Crippen LogP contribution >= 0.6 is 0 Å². The van der Waals surface area contributed by atoms with Gasteiger partial charge in [-0.2, -0.15) is 0 Å². The number of Topliss-reactive ketones (excluding diaryl/α,β-unsaturated/α-hetero) is 1. The molecule has 1 fully saturated rings. The zero-order valence-corrected chi connectivity index (χ0v) is 9.49. The van der Waals surface area contributed by atoms with Crippen LogP contribution in [0.1, 0.15) is 38.7 Å². The van der Waals surface area contributed by atoms with Crippen LogP contribution in [0.25, 0.3) is 0 Å². The van der Waals surface area contributed by atoms with Crippen molar-refractivity contribution in [2.75, 3.05) is 0 Å². The minimum Gasteiger partial charge on any atom is -0.298 e. The maximum atomic E-state index is 12.2. The van der Waals surface area contributed by atoms with Crippen LogP contribution in [0.2, 0.25) is 0 Å². The fraction of sp³-hybridized carbons (Fsp3) is 0.500. The van der Waals surface area contributed by atoms with Crippen LogP contribution in [0.5, 0.6) is 0 Å². The first kappa shape index (κ1) is 10.4. The third-order valence-corrected chi connectivity index (χ3v) is 3.72. The van der Waals surface area contributed by atoms with E-state index in [0.29, 0.717) is 5.78 Å². The van der Waals surface area contributed by atoms with E-state index < -0.39 is 0 Å². The molecular formula is C14H18O. The Bertz CT molecular complexity index is 355. The molecule has 1 aromatic carbocycles. The molecule has 0 spiro atoms. The predicted molar refractivity (Wildman–Crippen MR) is 61.8 cm³/mol. The van der Waals surface area contributed by atoms with Gasteiger partial charge in [0.15, 0.2) is 0 Å². The molecule has 0 saturated heterocycles. The van der Waals surface area contributed by atoms with Gasteiger partial charge in [-0.25, -0.2) is 0 Å². The van der Waals surface area contributed by atoms with Crippen LogP contribution in [-0.4, -0.2) is 5.78 Å². The van der Waals surface area contributed by atoms with Crippen molar-refractivity contribution in [3.05, 3.63) is 35.9 Å². The largest absolute Gasteiger partial charge is 0.298 e. The fourth-order valence-corrected chi connectivity index (χ4v) is 2.65. The van der Waals surface area contributed by atoms with Crippen LogP contribution in [0.15, 0.2) is 30.3 Å². The van der Waals surface area contributed by atoms with Gasteiger partial charge in [0.2, 0.25) is 0 Å². The zero-order chi connectivity index (χ0) is 10.9. The molecule has 0 heterocycles. The molecule has 1 aromatic rings. The van der Waals surface area contributed by atoms with Crippen LogP contribution in [-0.2, 0) is 10.2 Å². The Labute approximate surface area is 91.5 Å². The van der Waals surface area contributed by atoms with E-state index in [0.717, 1.165) is 19.3 Å². The van der Waals surface area contributed by atoms with Gasteiger partial charge in [0.1, 0.15) is 5.78 Å². The molecule has 1 aliphatic rings. The maximum Gasteiger partial charge on any atom is 0.145 e. The fourth-order valence-electron chi connectivity index (χ4n) is 2.65. The molecule has 0 bridgehead atoms. The van der Waals surface area contributed by atoms with Gasteiger partial charge in [-0.1, -0.05) is 43.7 Å². The molecule has 1 unspecified atom stereocenters. The van der Waals surface area contributed by atoms with Crippen molar-refractivity contribution in [1.82, 2.24) is 0 Å². The predicted octanol–water partition coefficient (Wildman–Crippen LogP) is 3.33. The summed E-state index contributed by atoms with van der Waals surface area (Å²) in [4.78, 5) is 12.2. The first-order chi connectivity index (χ1) is 7.14. The molecule has 1 nitrogen and oxygen atoms in total. The SMILES string of the molecule is CC1CCC[C@@](C)(c2ccccc2)C1=O. The van der Waals surface area contributed by atoms with Gasteiger partial charge >= 0.3 is 0 Å². The second-order valence-corrected chi connectivity index (χ2v) is 4.86. The van der Waals surface area contributed by atoms with E-state index in [1.165, 1.54) is 5.56 Å². The smallest absolute Gasteiger partial charge is 0.145 e. The molecule has 2 rings (SSSR count). The lowest BCUT2D eigenvalue weighted by Crippen LogP contribution is -2.40. The number of hydrogen-bond acceptors (Lipinski definition) is 1. The number of rotatable bonds is 1. The third-order valence-electron chi connectivity index (χ3n) is 3.72. The Kier molecular flexibility index (Phi) is 2.64. The van der Waals surface area contributed by atoms with Gasteiger partial charge in [0.05, 0.1) is 5.41 Å². The summed E-state index contributed by atoms with van der Waals surface area (Å²) in [6, 6.07) is 10.2. The molecule has 0 radical (unpaired) electrons. The lowest BCUT2D eigenvalue weighted by Gasteiger charge is -2.35. The van der Waals surface area contributed by atoms with E-state index in [1.807, 2.05) is 18.2 Å². The highest BCUT2D eigenvalue weighted by molar-refractivity contribution is 5.92. The molecule has 1 heteroatoms. The second-order valence-electron chi connectivity index (χ2n) is 4.86. The van der Waals surface area contributed by atoms with Crippen LogP contribution in [0, 0.1) is 5.92 Å². The summed E-state index contributed by atoms with van der Waals surface area (Å²) >= 11 is 0. The van der Waals surface area contributed by atoms with E-state index in [9.17, 15) is 4.79 Å². The topological polar surface area (TPSA) is 17.1 Å². The molecule has 0 aliphatic heterocycles. The van der Waals surface area contributed by atoms with Gasteiger partial charge < -0.3 is 0 Å². The lowest BCUT2D eigenvalue weighted by atomic mass is 9.66. The van der Waals surface area contributed by atoms with Crippen LogP contribution in [0.3, 0.4) is 0 Å². The first-order valence-corrected chi connectivity index (χ1v) is 5.74. The standard InChI is InChI=1S/C14H18O/c1-11-7-6-10-14(2,13(11)15)12-8-4-3-5-9-12/h3-5,8-9,11H,6-7,10H2,1-2H3/t11?,14-/m0/s1. The Morgan fingerprint density at radius 2 is 1.93 bits per heavy atom. The van der Waals surface area contributed by atoms with E-state index in [-0.39, 0.29) is 11.3 Å². The quantitative estimate of drug-likeness (QED) is 0.682. The average Bonchev–Trinajstić information content (AvgIpc) is 2.27. The summed E-state index contributed by atoms with van der Waals surface area (Å²) < 4.78 is 0. The van der Waals surface area contributed by atoms with E-state index in [1.54, 1.807) is 0 Å². The summed E-state index contributed by atoms with van der Waals surface area (Å²) in [6.07, 6.45) is 3.22. The summed E-state index contributed by atoms with van der Waals surface area (Å²) in [7, 11) is 0. The van der Waals surface area contributed by atoms with E-state index in [2.05, 4.69) is 26.0 Å². The first-order valence-electron chi connectivity index (χ1n) is 5.74. The maximum absolute atomic E-state index is 12.2. The molecular weight excluding hydrogens is 184 g/mol. The van der Waals surface area contributed by atoms with Gasteiger partial charge in [0, 0.05) is 5.92 Å². The number of carbonyl (C=O) groups is 1. The van der Waals surface area contributed by atoms with Crippen molar-refractivity contribution in [3.8, 4) is 0 Å². The van der Waals surface area contributed by atoms with Crippen molar-refractivity contribution >= 4 is 5.78 Å². The highest BCUT2D eigenvalue weighted by atomic mass is 16.1. The molecule has 1 aliphatic carbocycles. The molecule has 0 aromatic heterocycles. The minimum atomic E-state index is -0.237. The molecule has 0 amide bonds. The van der Waals surface area contributed by atoms with Crippen LogP contribution in [0.4, 0.5) is 0 Å². The van der Waals surface area contributed by atoms with Crippen molar-refractivity contribution in [2.24, 2.45) is 5.92 Å². The van der Waals surface area contributed by atoms with E-state index in [4.69, 9.17) is 0 Å². The molecule has 1 saturated carbocycles. The normalized spacial score (nSPS) is 31.6. The Morgan fingerprint density at radius 1 is 1.27 bits per heavy atom. The minimum absolute atomic E-state index is 0.226. The summed E-state index contributed by atoms with van der Waals surface area (Å²) in [5.74, 6) is 0.643. The molecule has 15 heavy (non-hydrogen) atoms. The number of benzene rings is 1. The van der Waals surface area contributed by atoms with Gasteiger partial charge in [-0.3, -0.25) is 4.79 Å². The lowest BCUT2D eigenvalue weighted by molar-refractivity contribution is -0.129. The highest BCUT2D eigenvalue weighted by Crippen LogP contribution is 2.38. The van der Waals surface area contributed by atoms with Crippen molar-refractivity contribution in [3.63, 3.8) is 0 Å². The summed E-state index contributed by atoms with van der Waals surface area (Å²) in [5, 5.41) is 0. The summed E-state index contributed by atoms with van der Waals surface area (Å²) in [5.41, 5.74) is 0.945. The average molecular weight is 202 g/mol. The van der Waals surface area contributed by atoms with Crippen molar-refractivity contribution < 1.29 is 4.79 Å². The van der Waals surface area contributed by atoms with E-state index >= 15 is 0 Å². The molecule has 0 N–H and O–H groups in total. The summed E-state index contributed by atoms with van der Waals surface area (Å²) in [6.45, 7) is 4.16. The van der Waals surface area contributed by atoms with Gasteiger partial charge in [0.25, 0.3) is 0 Å². The number of carbonyl (C=O) groups excluding carboxylic acids is 1. The highest BCUT2D eigenvalue weighted by Gasteiger charge is 2.40. The number of ketones is 1. The Balaban J connectivity index is 2.37. The zero-order valence-electron chi connectivity index (χ0n) is 9.49. The second kappa shape index (κ2) is 3.80. The third kappa shape index (κ3) is 1.71. The Morgan fingerprint density at radius 3 is 2.60 bits per heavy atom. The molecule has 80 valence electrons. The van der Waals surface area contributed by atoms with Gasteiger partial charge in [-0.05, 0) is 25.3 Å².